The van der Waals surface area contributed by atoms with Crippen LogP contribution in [-0.2, 0) is 16.0 Å². The number of esters is 1. The summed E-state index contributed by atoms with van der Waals surface area (Å²) in [5, 5.41) is 9.39. The van der Waals surface area contributed by atoms with Crippen molar-refractivity contribution in [2.45, 2.75) is 20.3 Å². The number of rotatable bonds is 5. The monoisotopic (exact) mass is 316 g/mol. The second-order valence-corrected chi connectivity index (χ2v) is 4.85. The fourth-order valence-electron chi connectivity index (χ4n) is 1.50. The minimum Gasteiger partial charge on any atom is -0.478 e. The van der Waals surface area contributed by atoms with Gasteiger partial charge in [0.15, 0.2) is 0 Å². The number of carboxylic acid groups (broad SMARTS) is 1. The highest BCUT2D eigenvalue weighted by Gasteiger charge is 2.12. The summed E-state index contributed by atoms with van der Waals surface area (Å²) in [6, 6.07) is 2.66. The Kier molecular flexibility index (Phi) is 6.05. The van der Waals surface area contributed by atoms with Crippen LogP contribution in [0, 0.1) is 0 Å². The highest BCUT2D eigenvalue weighted by atomic mass is 35.5. The largest absolute Gasteiger partial charge is 0.478 e. The number of carboxylic acids is 1. The lowest BCUT2D eigenvalue weighted by molar-refractivity contribution is -0.138. The van der Waals surface area contributed by atoms with Crippen LogP contribution < -0.4 is 0 Å². The molecule has 0 bridgehead atoms. The van der Waals surface area contributed by atoms with Gasteiger partial charge in [0.2, 0.25) is 0 Å². The Bertz CT molecular complexity index is 541. The van der Waals surface area contributed by atoms with Crippen LogP contribution in [0.3, 0.4) is 0 Å². The predicted octanol–water partition coefficient (Wildman–Crippen LogP) is 3.74. The molecule has 0 heterocycles. The summed E-state index contributed by atoms with van der Waals surface area (Å²) in [5.74, 6) is -1.50. The zero-order valence-electron chi connectivity index (χ0n) is 11.1. The highest BCUT2D eigenvalue weighted by molar-refractivity contribution is 6.36. The summed E-state index contributed by atoms with van der Waals surface area (Å²) in [6.45, 7) is 3.66. The first kappa shape index (κ1) is 16.5. The Hall–Kier alpha value is -1.52. The molecule has 108 valence electrons. The highest BCUT2D eigenvalue weighted by Crippen LogP contribution is 2.27. The lowest BCUT2D eigenvalue weighted by Gasteiger charge is -2.07. The van der Waals surface area contributed by atoms with E-state index >= 15 is 0 Å². The first-order chi connectivity index (χ1) is 9.36. The van der Waals surface area contributed by atoms with Crippen LogP contribution in [-0.4, -0.2) is 23.7 Å². The van der Waals surface area contributed by atoms with E-state index in [4.69, 9.17) is 33.0 Å². The standard InChI is InChI=1S/C14H14Cl2O4/c1-3-20-14(19)8(2)4-5-10-11(15)6-9(13(17)18)7-12(10)16/h4,6-7H,3,5H2,1-2H3,(H,17,18)/b8-4+. The molecule has 0 aromatic heterocycles. The number of carbonyl (C=O) groups excluding carboxylic acids is 1. The van der Waals surface area contributed by atoms with E-state index in [1.54, 1.807) is 19.9 Å². The van der Waals surface area contributed by atoms with Gasteiger partial charge in [-0.3, -0.25) is 0 Å². The average Bonchev–Trinajstić information content (AvgIpc) is 2.37. The Balaban J connectivity index is 2.96. The van der Waals surface area contributed by atoms with Crippen molar-refractivity contribution in [1.29, 1.82) is 0 Å². The molecular weight excluding hydrogens is 303 g/mol. The van der Waals surface area contributed by atoms with E-state index in [-0.39, 0.29) is 15.6 Å². The maximum atomic E-state index is 11.4. The molecule has 0 radical (unpaired) electrons. The van der Waals surface area contributed by atoms with Gasteiger partial charge in [-0.25, -0.2) is 9.59 Å². The number of benzene rings is 1. The lowest BCUT2D eigenvalue weighted by Crippen LogP contribution is -2.05. The number of hydrogen-bond acceptors (Lipinski definition) is 3. The van der Waals surface area contributed by atoms with Crippen LogP contribution in [0.5, 0.6) is 0 Å². The van der Waals surface area contributed by atoms with Crippen LogP contribution in [0.2, 0.25) is 10.0 Å². The summed E-state index contributed by atoms with van der Waals surface area (Å²) in [7, 11) is 0. The Morgan fingerprint density at radius 3 is 2.30 bits per heavy atom. The summed E-state index contributed by atoms with van der Waals surface area (Å²) < 4.78 is 4.85. The van der Waals surface area contributed by atoms with Crippen molar-refractivity contribution in [3.05, 3.63) is 45.0 Å². The van der Waals surface area contributed by atoms with Gasteiger partial charge in [0, 0.05) is 15.6 Å². The van der Waals surface area contributed by atoms with Crippen molar-refractivity contribution in [3.8, 4) is 0 Å². The zero-order chi connectivity index (χ0) is 15.3. The fraction of sp³-hybridized carbons (Fsp3) is 0.286. The molecular formula is C14H14Cl2O4. The number of carbonyl (C=O) groups is 2. The SMILES string of the molecule is CCOC(=O)/C(C)=C/Cc1c(Cl)cc(C(=O)O)cc1Cl. The van der Waals surface area contributed by atoms with Crippen molar-refractivity contribution in [2.75, 3.05) is 6.61 Å². The molecule has 0 aliphatic rings. The van der Waals surface area contributed by atoms with Gasteiger partial charge in [-0.05, 0) is 38.0 Å². The first-order valence-electron chi connectivity index (χ1n) is 5.91. The van der Waals surface area contributed by atoms with Gasteiger partial charge in [-0.15, -0.1) is 0 Å². The second-order valence-electron chi connectivity index (χ2n) is 4.04. The van der Waals surface area contributed by atoms with E-state index in [2.05, 4.69) is 0 Å². The third-order valence-electron chi connectivity index (χ3n) is 2.60. The minimum atomic E-state index is -1.10. The Morgan fingerprint density at radius 1 is 1.30 bits per heavy atom. The molecule has 0 amide bonds. The smallest absolute Gasteiger partial charge is 0.335 e. The zero-order valence-corrected chi connectivity index (χ0v) is 12.6. The van der Waals surface area contributed by atoms with E-state index in [0.717, 1.165) is 0 Å². The third kappa shape index (κ3) is 4.25. The topological polar surface area (TPSA) is 63.6 Å². The summed E-state index contributed by atoms with van der Waals surface area (Å²) in [6.07, 6.45) is 1.97. The number of ether oxygens (including phenoxy) is 1. The molecule has 0 atom stereocenters. The molecule has 1 rings (SSSR count). The van der Waals surface area contributed by atoms with Gasteiger partial charge in [-0.1, -0.05) is 29.3 Å². The lowest BCUT2D eigenvalue weighted by atomic mass is 10.1. The summed E-state index contributed by atoms with van der Waals surface area (Å²) >= 11 is 12.0. The number of allylic oxidation sites excluding steroid dienone is 1. The molecule has 0 unspecified atom stereocenters. The van der Waals surface area contributed by atoms with Crippen molar-refractivity contribution in [3.63, 3.8) is 0 Å². The molecule has 0 aliphatic heterocycles. The van der Waals surface area contributed by atoms with Gasteiger partial charge in [-0.2, -0.15) is 0 Å². The maximum absolute atomic E-state index is 11.4. The van der Waals surface area contributed by atoms with Crippen LogP contribution in [0.25, 0.3) is 0 Å². The van der Waals surface area contributed by atoms with Crippen LogP contribution in [0.1, 0.15) is 29.8 Å². The number of halogens is 2. The molecule has 4 nitrogen and oxygen atoms in total. The minimum absolute atomic E-state index is 0.0230. The van der Waals surface area contributed by atoms with Crippen molar-refractivity contribution in [2.24, 2.45) is 0 Å². The van der Waals surface area contributed by atoms with E-state index in [1.165, 1.54) is 12.1 Å². The van der Waals surface area contributed by atoms with Gasteiger partial charge < -0.3 is 9.84 Å². The molecule has 1 N–H and O–H groups in total. The predicted molar refractivity (Wildman–Crippen MR) is 77.5 cm³/mol. The van der Waals surface area contributed by atoms with Gasteiger partial charge in [0.05, 0.1) is 12.2 Å². The van der Waals surface area contributed by atoms with Crippen LogP contribution in [0.15, 0.2) is 23.8 Å². The van der Waals surface area contributed by atoms with Gasteiger partial charge in [0.25, 0.3) is 0 Å². The molecule has 0 saturated heterocycles. The molecule has 1 aromatic rings. The summed E-state index contributed by atoms with van der Waals surface area (Å²) in [4.78, 5) is 22.3. The Labute approximate surface area is 126 Å². The van der Waals surface area contributed by atoms with E-state index in [1.807, 2.05) is 0 Å². The van der Waals surface area contributed by atoms with Gasteiger partial charge in [0.1, 0.15) is 0 Å². The van der Waals surface area contributed by atoms with E-state index in [0.29, 0.717) is 24.2 Å². The van der Waals surface area contributed by atoms with Crippen molar-refractivity contribution in [1.82, 2.24) is 0 Å². The fourth-order valence-corrected chi connectivity index (χ4v) is 2.15. The van der Waals surface area contributed by atoms with Crippen molar-refractivity contribution < 1.29 is 19.4 Å². The third-order valence-corrected chi connectivity index (χ3v) is 3.27. The summed E-state index contributed by atoms with van der Waals surface area (Å²) in [5.41, 5.74) is 1.04. The molecule has 0 fully saturated rings. The van der Waals surface area contributed by atoms with Crippen LogP contribution in [0.4, 0.5) is 0 Å². The molecule has 6 heteroatoms. The second kappa shape index (κ2) is 7.31. The normalized spacial score (nSPS) is 11.3. The molecule has 0 spiro atoms. The van der Waals surface area contributed by atoms with E-state index in [9.17, 15) is 9.59 Å². The molecule has 20 heavy (non-hydrogen) atoms. The quantitative estimate of drug-likeness (QED) is 0.664. The Morgan fingerprint density at radius 2 is 1.85 bits per heavy atom. The van der Waals surface area contributed by atoms with Crippen molar-refractivity contribution >= 4 is 35.1 Å². The number of aromatic carboxylic acids is 1. The van der Waals surface area contributed by atoms with E-state index < -0.39 is 11.9 Å². The average molecular weight is 317 g/mol. The number of hydrogen-bond donors (Lipinski definition) is 1. The molecule has 1 aromatic carbocycles. The van der Waals surface area contributed by atoms with Crippen LogP contribution >= 0.6 is 23.2 Å². The first-order valence-corrected chi connectivity index (χ1v) is 6.67. The molecule has 0 aliphatic carbocycles. The molecule has 0 saturated carbocycles. The van der Waals surface area contributed by atoms with Gasteiger partial charge >= 0.3 is 11.9 Å². The maximum Gasteiger partial charge on any atom is 0.335 e.